The lowest BCUT2D eigenvalue weighted by molar-refractivity contribution is 0.276. The van der Waals surface area contributed by atoms with Crippen LogP contribution >= 0.6 is 0 Å². The first-order chi connectivity index (χ1) is 10.3. The zero-order valence-electron chi connectivity index (χ0n) is 12.8. The summed E-state index contributed by atoms with van der Waals surface area (Å²) in [7, 11) is 0. The second kappa shape index (κ2) is 7.94. The first-order valence-electron chi connectivity index (χ1n) is 7.60. The SMILES string of the molecule is CCCOc1nc(NN)nc(NCC2CCCN2CC)n1. The van der Waals surface area contributed by atoms with E-state index in [-0.39, 0.29) is 0 Å². The first-order valence-corrected chi connectivity index (χ1v) is 7.60. The van der Waals surface area contributed by atoms with Crippen molar-refractivity contribution in [2.45, 2.75) is 39.2 Å². The number of nitrogens with zero attached hydrogens (tertiary/aromatic N) is 4. The quantitative estimate of drug-likeness (QED) is 0.479. The molecule has 0 aliphatic carbocycles. The maximum absolute atomic E-state index is 5.44. The second-order valence-electron chi connectivity index (χ2n) is 5.06. The zero-order chi connectivity index (χ0) is 15.1. The summed E-state index contributed by atoms with van der Waals surface area (Å²) in [6, 6.07) is 0.821. The number of hydrogen-bond donors (Lipinski definition) is 3. The van der Waals surface area contributed by atoms with Crippen LogP contribution in [0.5, 0.6) is 6.01 Å². The Morgan fingerprint density at radius 2 is 2.10 bits per heavy atom. The lowest BCUT2D eigenvalue weighted by atomic mass is 10.2. The number of rotatable bonds is 8. The molecule has 1 fully saturated rings. The van der Waals surface area contributed by atoms with Crippen molar-refractivity contribution in [3.8, 4) is 6.01 Å². The number of hydrazine groups is 1. The molecule has 2 rings (SSSR count). The van der Waals surface area contributed by atoms with Crippen LogP contribution in [0.1, 0.15) is 33.1 Å². The number of aromatic nitrogens is 3. The van der Waals surface area contributed by atoms with Gasteiger partial charge in [-0.15, -0.1) is 0 Å². The van der Waals surface area contributed by atoms with Crippen molar-refractivity contribution in [2.24, 2.45) is 5.84 Å². The summed E-state index contributed by atoms with van der Waals surface area (Å²) in [4.78, 5) is 15.0. The highest BCUT2D eigenvalue weighted by Crippen LogP contribution is 2.17. The Labute approximate surface area is 125 Å². The molecule has 1 aromatic rings. The van der Waals surface area contributed by atoms with Gasteiger partial charge in [-0.2, -0.15) is 15.0 Å². The third kappa shape index (κ3) is 4.40. The van der Waals surface area contributed by atoms with Gasteiger partial charge in [0, 0.05) is 12.6 Å². The number of nitrogens with one attached hydrogen (secondary N) is 2. The van der Waals surface area contributed by atoms with Gasteiger partial charge in [0.05, 0.1) is 6.61 Å². The molecule has 8 heteroatoms. The van der Waals surface area contributed by atoms with E-state index in [2.05, 4.69) is 37.5 Å². The van der Waals surface area contributed by atoms with E-state index in [0.717, 1.165) is 19.5 Å². The molecule has 1 unspecified atom stereocenters. The number of likely N-dealkylation sites (N-methyl/N-ethyl adjacent to an activating group) is 1. The van der Waals surface area contributed by atoms with Crippen molar-refractivity contribution in [2.75, 3.05) is 37.0 Å². The van der Waals surface area contributed by atoms with Crippen molar-refractivity contribution < 1.29 is 4.74 Å². The Morgan fingerprint density at radius 3 is 2.81 bits per heavy atom. The average molecular weight is 295 g/mol. The number of hydrogen-bond acceptors (Lipinski definition) is 8. The smallest absolute Gasteiger partial charge is 0.323 e. The predicted molar refractivity (Wildman–Crippen MR) is 82.2 cm³/mol. The van der Waals surface area contributed by atoms with Gasteiger partial charge in [-0.25, -0.2) is 5.84 Å². The normalized spacial score (nSPS) is 18.7. The Hall–Kier alpha value is -1.67. The summed E-state index contributed by atoms with van der Waals surface area (Å²) in [6.07, 6.45) is 3.35. The number of ether oxygens (including phenoxy) is 1. The lowest BCUT2D eigenvalue weighted by Crippen LogP contribution is -2.35. The summed E-state index contributed by atoms with van der Waals surface area (Å²) in [5, 5.41) is 3.26. The summed E-state index contributed by atoms with van der Waals surface area (Å²) in [5.41, 5.74) is 2.44. The molecule has 0 aromatic carbocycles. The Morgan fingerprint density at radius 1 is 1.29 bits per heavy atom. The molecule has 1 atom stereocenters. The van der Waals surface area contributed by atoms with Crippen molar-refractivity contribution in [3.05, 3.63) is 0 Å². The van der Waals surface area contributed by atoms with Crippen molar-refractivity contribution >= 4 is 11.9 Å². The summed E-state index contributed by atoms with van der Waals surface area (Å²) in [5.74, 6) is 6.18. The standard InChI is InChI=1S/C13H25N7O/c1-3-8-21-13-17-11(16-12(18-13)19-14)15-9-10-6-5-7-20(10)4-2/h10H,3-9,14H2,1-2H3,(H2,15,16,17,18,19). The van der Waals surface area contributed by atoms with E-state index in [4.69, 9.17) is 10.6 Å². The van der Waals surface area contributed by atoms with Gasteiger partial charge in [-0.3, -0.25) is 10.3 Å². The number of likely N-dealkylation sites (tertiary alicyclic amines) is 1. The minimum absolute atomic E-state index is 0.293. The van der Waals surface area contributed by atoms with E-state index in [1.165, 1.54) is 19.4 Å². The van der Waals surface area contributed by atoms with E-state index in [9.17, 15) is 0 Å². The molecule has 1 aromatic heterocycles. The molecule has 0 amide bonds. The van der Waals surface area contributed by atoms with Crippen LogP contribution in [0.15, 0.2) is 0 Å². The molecule has 8 nitrogen and oxygen atoms in total. The summed E-state index contributed by atoms with van der Waals surface area (Å²) in [6.45, 7) is 7.84. The van der Waals surface area contributed by atoms with Crippen molar-refractivity contribution in [1.82, 2.24) is 19.9 Å². The van der Waals surface area contributed by atoms with E-state index in [1.807, 2.05) is 6.92 Å². The predicted octanol–water partition coefficient (Wildman–Crippen LogP) is 0.842. The minimum atomic E-state index is 0.293. The molecular weight excluding hydrogens is 270 g/mol. The van der Waals surface area contributed by atoms with Crippen LogP contribution in [0.3, 0.4) is 0 Å². The van der Waals surface area contributed by atoms with Gasteiger partial charge in [0.2, 0.25) is 11.9 Å². The highest BCUT2D eigenvalue weighted by Gasteiger charge is 2.22. The Kier molecular flexibility index (Phi) is 5.94. The van der Waals surface area contributed by atoms with E-state index < -0.39 is 0 Å². The second-order valence-corrected chi connectivity index (χ2v) is 5.06. The molecule has 2 heterocycles. The fourth-order valence-corrected chi connectivity index (χ4v) is 2.51. The fourth-order valence-electron chi connectivity index (χ4n) is 2.51. The molecule has 118 valence electrons. The molecule has 0 bridgehead atoms. The van der Waals surface area contributed by atoms with Gasteiger partial charge in [-0.1, -0.05) is 13.8 Å². The number of nitrogens with two attached hydrogens (primary N) is 1. The topological polar surface area (TPSA) is 101 Å². The van der Waals surface area contributed by atoms with Crippen LogP contribution in [0.4, 0.5) is 11.9 Å². The van der Waals surface area contributed by atoms with Crippen molar-refractivity contribution in [1.29, 1.82) is 0 Å². The van der Waals surface area contributed by atoms with Gasteiger partial charge in [0.25, 0.3) is 0 Å². The Bertz CT molecular complexity index is 443. The van der Waals surface area contributed by atoms with Gasteiger partial charge in [0.1, 0.15) is 0 Å². The maximum Gasteiger partial charge on any atom is 0.323 e. The number of nitrogen functional groups attached to an aromatic ring is 1. The zero-order valence-corrected chi connectivity index (χ0v) is 12.8. The van der Waals surface area contributed by atoms with E-state index >= 15 is 0 Å². The largest absolute Gasteiger partial charge is 0.463 e. The average Bonchev–Trinajstić information content (AvgIpc) is 2.98. The minimum Gasteiger partial charge on any atom is -0.463 e. The van der Waals surface area contributed by atoms with Crippen LogP contribution in [-0.2, 0) is 0 Å². The van der Waals surface area contributed by atoms with E-state index in [0.29, 0.717) is 30.6 Å². The van der Waals surface area contributed by atoms with Crippen LogP contribution in [0, 0.1) is 0 Å². The van der Waals surface area contributed by atoms with Crippen molar-refractivity contribution in [3.63, 3.8) is 0 Å². The van der Waals surface area contributed by atoms with Crippen LogP contribution in [0.25, 0.3) is 0 Å². The van der Waals surface area contributed by atoms with Gasteiger partial charge in [0.15, 0.2) is 0 Å². The maximum atomic E-state index is 5.44. The monoisotopic (exact) mass is 295 g/mol. The molecular formula is C13H25N7O. The van der Waals surface area contributed by atoms with Gasteiger partial charge >= 0.3 is 6.01 Å². The Balaban J connectivity index is 1.97. The van der Waals surface area contributed by atoms with Gasteiger partial charge < -0.3 is 10.1 Å². The first kappa shape index (κ1) is 15.7. The lowest BCUT2D eigenvalue weighted by Gasteiger charge is -2.22. The highest BCUT2D eigenvalue weighted by molar-refractivity contribution is 5.35. The third-order valence-electron chi connectivity index (χ3n) is 3.58. The molecule has 1 aliphatic heterocycles. The number of anilines is 2. The summed E-state index contributed by atoms with van der Waals surface area (Å²) < 4.78 is 5.44. The highest BCUT2D eigenvalue weighted by atomic mass is 16.5. The molecule has 1 aliphatic rings. The van der Waals surface area contributed by atoms with Crippen LogP contribution in [0.2, 0.25) is 0 Å². The molecule has 0 saturated carbocycles. The molecule has 1 saturated heterocycles. The molecule has 0 radical (unpaired) electrons. The molecule has 21 heavy (non-hydrogen) atoms. The summed E-state index contributed by atoms with van der Waals surface area (Å²) >= 11 is 0. The van der Waals surface area contributed by atoms with Crippen LogP contribution in [-0.4, -0.2) is 52.1 Å². The van der Waals surface area contributed by atoms with Gasteiger partial charge in [-0.05, 0) is 32.4 Å². The van der Waals surface area contributed by atoms with Crippen LogP contribution < -0.4 is 21.3 Å². The fraction of sp³-hybridized carbons (Fsp3) is 0.769. The third-order valence-corrected chi connectivity index (χ3v) is 3.58. The molecule has 0 spiro atoms. The van der Waals surface area contributed by atoms with E-state index in [1.54, 1.807) is 0 Å². The molecule has 4 N–H and O–H groups in total.